The van der Waals surface area contributed by atoms with Crippen LogP contribution in [-0.4, -0.2) is 20.7 Å². The molecule has 0 amide bonds. The predicted molar refractivity (Wildman–Crippen MR) is 60.6 cm³/mol. The van der Waals surface area contributed by atoms with Crippen LogP contribution in [-0.2, 0) is 10.2 Å². The van der Waals surface area contributed by atoms with Crippen LogP contribution in [0.5, 0.6) is 0 Å². The van der Waals surface area contributed by atoms with E-state index in [4.69, 9.17) is 0 Å². The lowest BCUT2D eigenvalue weighted by Crippen LogP contribution is -2.38. The molecule has 0 saturated carbocycles. The number of hydrogen-bond acceptors (Lipinski definition) is 2. The maximum Gasteiger partial charge on any atom is 0.344 e. The molecule has 1 aromatic rings. The second-order valence-electron chi connectivity index (χ2n) is 3.66. The molecule has 1 heterocycles. The van der Waals surface area contributed by atoms with Gasteiger partial charge in [0.25, 0.3) is 0 Å². The lowest BCUT2D eigenvalue weighted by molar-refractivity contribution is 0.586. The third kappa shape index (κ3) is 1.63. The van der Waals surface area contributed by atoms with Gasteiger partial charge in [0.1, 0.15) is 0 Å². The largest absolute Gasteiger partial charge is 0.344 e. The highest BCUT2D eigenvalue weighted by molar-refractivity contribution is 7.91. The molecule has 4 nitrogen and oxygen atoms in total. The van der Waals surface area contributed by atoms with E-state index in [2.05, 4.69) is 4.40 Å². The average molecular weight is 224 g/mol. The fraction of sp³-hybridized carbons (Fsp3) is 0.300. The number of nitrogens with zero attached hydrogens (tertiary/aromatic N) is 2. The second kappa shape index (κ2) is 3.34. The van der Waals surface area contributed by atoms with Gasteiger partial charge in [-0.15, -0.1) is 0 Å². The molecule has 0 aliphatic carbocycles. The first-order valence-electron chi connectivity index (χ1n) is 4.71. The Labute approximate surface area is 89.4 Å². The second-order valence-corrected chi connectivity index (χ2v) is 5.16. The van der Waals surface area contributed by atoms with E-state index < -0.39 is 10.2 Å². The Balaban J connectivity index is 2.66. The highest BCUT2D eigenvalue weighted by atomic mass is 32.2. The van der Waals surface area contributed by atoms with Crippen LogP contribution in [0.2, 0.25) is 0 Å². The Bertz CT molecular complexity index is 506. The molecular formula is C10H12N2O2S. The Kier molecular flexibility index (Phi) is 2.26. The first kappa shape index (κ1) is 10.2. The number of anilines is 1. The van der Waals surface area contributed by atoms with Gasteiger partial charge in [-0.3, -0.25) is 0 Å². The molecule has 0 spiro atoms. The van der Waals surface area contributed by atoms with Gasteiger partial charge in [0.05, 0.1) is 11.9 Å². The summed E-state index contributed by atoms with van der Waals surface area (Å²) in [7, 11) is -3.53. The van der Waals surface area contributed by atoms with Crippen LogP contribution in [0.3, 0.4) is 0 Å². The first-order chi connectivity index (χ1) is 7.02. The summed E-state index contributed by atoms with van der Waals surface area (Å²) < 4.78 is 28.3. The highest BCUT2D eigenvalue weighted by Crippen LogP contribution is 2.28. The number of rotatable bonds is 1. The Morgan fingerprint density at radius 1 is 1.27 bits per heavy atom. The summed E-state index contributed by atoms with van der Waals surface area (Å²) in [5, 5.41) is 0. The highest BCUT2D eigenvalue weighted by Gasteiger charge is 2.28. The lowest BCUT2D eigenvalue weighted by atomic mass is 10.2. The molecule has 2 rings (SSSR count). The van der Waals surface area contributed by atoms with Crippen molar-refractivity contribution < 1.29 is 8.42 Å². The fourth-order valence-corrected chi connectivity index (χ4v) is 2.94. The summed E-state index contributed by atoms with van der Waals surface area (Å²) in [6.45, 7) is 3.66. The van der Waals surface area contributed by atoms with E-state index in [0.29, 0.717) is 5.69 Å². The van der Waals surface area contributed by atoms with Crippen LogP contribution in [0, 0.1) is 0 Å². The van der Waals surface area contributed by atoms with Crippen molar-refractivity contribution in [1.29, 1.82) is 0 Å². The van der Waals surface area contributed by atoms with Crippen LogP contribution >= 0.6 is 0 Å². The van der Waals surface area contributed by atoms with Crippen molar-refractivity contribution in [1.82, 2.24) is 0 Å². The van der Waals surface area contributed by atoms with Crippen LogP contribution in [0.25, 0.3) is 0 Å². The van der Waals surface area contributed by atoms with Crippen molar-refractivity contribution in [3.05, 3.63) is 29.8 Å². The van der Waals surface area contributed by atoms with E-state index >= 15 is 0 Å². The Hall–Kier alpha value is -1.36. The molecule has 0 aromatic heterocycles. The molecule has 0 radical (unpaired) electrons. The van der Waals surface area contributed by atoms with Crippen molar-refractivity contribution in [3.63, 3.8) is 0 Å². The molecule has 0 fully saturated rings. The zero-order valence-corrected chi connectivity index (χ0v) is 9.40. The zero-order valence-electron chi connectivity index (χ0n) is 8.58. The summed E-state index contributed by atoms with van der Waals surface area (Å²) in [5.74, 6) is 0. The summed E-state index contributed by atoms with van der Waals surface area (Å²) in [6.07, 6.45) is 1.39. The normalized spacial score (nSPS) is 17.9. The summed E-state index contributed by atoms with van der Waals surface area (Å²) in [5.41, 5.74) is 1.53. The minimum Gasteiger partial charge on any atom is -0.249 e. The maximum absolute atomic E-state index is 11.7. The van der Waals surface area contributed by atoms with Gasteiger partial charge in [-0.1, -0.05) is 18.2 Å². The van der Waals surface area contributed by atoms with Crippen LogP contribution in [0.1, 0.15) is 19.4 Å². The van der Waals surface area contributed by atoms with E-state index in [9.17, 15) is 8.42 Å². The number of hydrogen-bond donors (Lipinski definition) is 0. The predicted octanol–water partition coefficient (Wildman–Crippen LogP) is 1.58. The lowest BCUT2D eigenvalue weighted by Gasteiger charge is -2.29. The Morgan fingerprint density at radius 2 is 1.93 bits per heavy atom. The topological polar surface area (TPSA) is 49.7 Å². The maximum atomic E-state index is 11.7. The molecule has 0 bridgehead atoms. The van der Waals surface area contributed by atoms with Crippen LogP contribution < -0.4 is 4.31 Å². The number of fused-ring (bicyclic) bond motifs is 1. The minimum atomic E-state index is -3.53. The van der Waals surface area contributed by atoms with E-state index in [1.54, 1.807) is 6.07 Å². The molecule has 0 atom stereocenters. The number of para-hydroxylation sites is 1. The molecular weight excluding hydrogens is 212 g/mol. The molecule has 0 N–H and O–H groups in total. The van der Waals surface area contributed by atoms with Gasteiger partial charge >= 0.3 is 10.2 Å². The van der Waals surface area contributed by atoms with E-state index in [-0.39, 0.29) is 6.04 Å². The molecule has 5 heteroatoms. The fourth-order valence-electron chi connectivity index (χ4n) is 1.64. The van der Waals surface area contributed by atoms with Gasteiger partial charge in [0.15, 0.2) is 0 Å². The third-order valence-electron chi connectivity index (χ3n) is 2.22. The van der Waals surface area contributed by atoms with Crippen molar-refractivity contribution in [2.45, 2.75) is 19.9 Å². The standard InChI is InChI=1S/C10H12N2O2S/c1-8(2)12-10-6-4-3-5-9(10)7-11-15(12,13)14/h3-8H,1-2H3. The average Bonchev–Trinajstić information content (AvgIpc) is 2.15. The van der Waals surface area contributed by atoms with Crippen LogP contribution in [0.15, 0.2) is 28.7 Å². The molecule has 1 aliphatic heterocycles. The molecule has 1 aromatic carbocycles. The van der Waals surface area contributed by atoms with Gasteiger partial charge in [0.2, 0.25) is 0 Å². The SMILES string of the molecule is CC(C)N1c2ccccc2C=NS1(=O)=O. The van der Waals surface area contributed by atoms with E-state index in [0.717, 1.165) is 5.56 Å². The van der Waals surface area contributed by atoms with Crippen LogP contribution in [0.4, 0.5) is 5.69 Å². The smallest absolute Gasteiger partial charge is 0.249 e. The van der Waals surface area contributed by atoms with Crippen molar-refractivity contribution in [3.8, 4) is 0 Å². The van der Waals surface area contributed by atoms with Gasteiger partial charge in [-0.05, 0) is 19.9 Å². The van der Waals surface area contributed by atoms with E-state index in [1.807, 2.05) is 32.0 Å². The zero-order chi connectivity index (χ0) is 11.1. The minimum absolute atomic E-state index is 0.131. The molecule has 80 valence electrons. The van der Waals surface area contributed by atoms with Gasteiger partial charge in [0, 0.05) is 11.6 Å². The van der Waals surface area contributed by atoms with Crippen molar-refractivity contribution >= 4 is 22.1 Å². The first-order valence-corrected chi connectivity index (χ1v) is 6.11. The molecule has 0 saturated heterocycles. The summed E-state index contributed by atoms with van der Waals surface area (Å²) >= 11 is 0. The Morgan fingerprint density at radius 3 is 2.60 bits per heavy atom. The molecule has 15 heavy (non-hydrogen) atoms. The summed E-state index contributed by atoms with van der Waals surface area (Å²) in [6, 6.07) is 7.19. The number of benzene rings is 1. The monoisotopic (exact) mass is 224 g/mol. The third-order valence-corrected chi connectivity index (χ3v) is 3.70. The van der Waals surface area contributed by atoms with E-state index in [1.165, 1.54) is 10.5 Å². The van der Waals surface area contributed by atoms with Gasteiger partial charge in [-0.25, -0.2) is 4.31 Å². The van der Waals surface area contributed by atoms with Gasteiger partial charge in [-0.2, -0.15) is 12.8 Å². The van der Waals surface area contributed by atoms with Gasteiger partial charge < -0.3 is 0 Å². The summed E-state index contributed by atoms with van der Waals surface area (Å²) in [4.78, 5) is 0. The van der Waals surface area contributed by atoms with Crippen molar-refractivity contribution in [2.75, 3.05) is 4.31 Å². The molecule has 1 aliphatic rings. The quantitative estimate of drug-likeness (QED) is 0.727. The molecule has 0 unspecified atom stereocenters. The van der Waals surface area contributed by atoms with Crippen molar-refractivity contribution in [2.24, 2.45) is 4.40 Å².